The lowest BCUT2D eigenvalue weighted by Gasteiger charge is -2.31. The molecule has 0 saturated heterocycles. The van der Waals surface area contributed by atoms with Crippen LogP contribution in [0.15, 0.2) is 30.6 Å². The predicted molar refractivity (Wildman–Crippen MR) is 132 cm³/mol. The topological polar surface area (TPSA) is 76.8 Å². The van der Waals surface area contributed by atoms with Crippen molar-refractivity contribution in [2.45, 2.75) is 62.3 Å². The maximum atomic E-state index is 13.3. The molecule has 6 rings (SSSR count). The zero-order chi connectivity index (χ0) is 25.4. The number of ether oxygens (including phenoxy) is 1. The van der Waals surface area contributed by atoms with Crippen molar-refractivity contribution in [2.75, 3.05) is 20.4 Å². The highest BCUT2D eigenvalue weighted by atomic mass is 31.2. The molecule has 3 heterocycles. The van der Waals surface area contributed by atoms with Gasteiger partial charge in [0.25, 0.3) is 5.91 Å². The van der Waals surface area contributed by atoms with Crippen molar-refractivity contribution < 1.29 is 22.9 Å². The molecule has 1 aromatic carbocycles. The smallest absolute Gasteiger partial charge is 0.387 e. The lowest BCUT2D eigenvalue weighted by Crippen LogP contribution is -2.30. The number of alkyl halides is 2. The maximum absolute atomic E-state index is 13.3. The van der Waals surface area contributed by atoms with E-state index in [2.05, 4.69) is 11.2 Å². The minimum absolute atomic E-state index is 0.0312. The third-order valence-corrected chi connectivity index (χ3v) is 10.6. The van der Waals surface area contributed by atoms with Gasteiger partial charge in [0.15, 0.2) is 0 Å². The fourth-order valence-corrected chi connectivity index (χ4v) is 8.02. The molecule has 2 aliphatic carbocycles. The van der Waals surface area contributed by atoms with Crippen LogP contribution in [0, 0.1) is 0 Å². The summed E-state index contributed by atoms with van der Waals surface area (Å²) in [4.78, 5) is 24.4. The summed E-state index contributed by atoms with van der Waals surface area (Å²) in [5.74, 6) is 0.340. The van der Waals surface area contributed by atoms with Crippen LogP contribution in [0.4, 0.5) is 8.78 Å². The molecule has 36 heavy (non-hydrogen) atoms. The Hall–Kier alpha value is -2.80. The molecule has 2 aromatic heterocycles. The van der Waals surface area contributed by atoms with Gasteiger partial charge in [-0.15, -0.1) is 0 Å². The summed E-state index contributed by atoms with van der Waals surface area (Å²) < 4.78 is 46.0. The second-order valence-electron chi connectivity index (χ2n) is 10.7. The summed E-state index contributed by atoms with van der Waals surface area (Å²) in [7, 11) is -0.369. The van der Waals surface area contributed by atoms with E-state index in [9.17, 15) is 18.1 Å². The van der Waals surface area contributed by atoms with Gasteiger partial charge in [0.2, 0.25) is 5.78 Å². The van der Waals surface area contributed by atoms with Crippen LogP contribution >= 0.6 is 7.14 Å². The van der Waals surface area contributed by atoms with Crippen molar-refractivity contribution in [3.05, 3.63) is 58.7 Å². The van der Waals surface area contributed by atoms with E-state index >= 15 is 0 Å². The number of halogens is 2. The minimum atomic E-state index is -2.99. The molecular weight excluding hydrogens is 485 g/mol. The minimum Gasteiger partial charge on any atom is -0.434 e. The van der Waals surface area contributed by atoms with Crippen molar-refractivity contribution in [2.24, 2.45) is 0 Å². The molecule has 3 aromatic rings. The van der Waals surface area contributed by atoms with Crippen molar-refractivity contribution in [3.8, 4) is 5.75 Å². The van der Waals surface area contributed by atoms with E-state index in [-0.39, 0.29) is 29.3 Å². The number of hydrogen-bond donors (Lipinski definition) is 0. The average Bonchev–Trinajstić information content (AvgIpc) is 3.36. The van der Waals surface area contributed by atoms with E-state index in [4.69, 9.17) is 9.72 Å². The summed E-state index contributed by atoms with van der Waals surface area (Å²) in [5, 5.41) is 0. The molecule has 1 fully saturated rings. The van der Waals surface area contributed by atoms with Crippen LogP contribution < -0.4 is 4.74 Å². The standard InChI is InChI=1S/C26H29F2N4O3P/c1-31-19-11-18(21-17(24(31)33)5-4-6-20(21)35-25(27)28)23-22(19)30-26-29-12-15(13-32(23)26)14-7-9-16(10-8-14)36(2,3)34/h4-6,12-14,16,18-19,25H,7-11H2,1-3H3. The van der Waals surface area contributed by atoms with Gasteiger partial charge in [0.05, 0.1) is 24.6 Å². The summed E-state index contributed by atoms with van der Waals surface area (Å²) in [5.41, 5.74) is 3.91. The molecule has 7 nitrogen and oxygen atoms in total. The van der Waals surface area contributed by atoms with E-state index in [1.54, 1.807) is 24.1 Å². The summed E-state index contributed by atoms with van der Waals surface area (Å²) in [6, 6.07) is 4.49. The molecule has 2 unspecified atom stereocenters. The quantitative estimate of drug-likeness (QED) is 0.421. The Morgan fingerprint density at radius 3 is 2.61 bits per heavy atom. The Balaban J connectivity index is 1.44. The number of carbonyl (C=O) groups is 1. The molecule has 3 aliphatic rings. The highest BCUT2D eigenvalue weighted by molar-refractivity contribution is 7.63. The first-order valence-corrected chi connectivity index (χ1v) is 15.1. The monoisotopic (exact) mass is 514 g/mol. The van der Waals surface area contributed by atoms with Gasteiger partial charge < -0.3 is 14.2 Å². The summed E-state index contributed by atoms with van der Waals surface area (Å²) >= 11 is 0. The largest absolute Gasteiger partial charge is 0.434 e. The van der Waals surface area contributed by atoms with Gasteiger partial charge in [-0.1, -0.05) is 6.07 Å². The van der Waals surface area contributed by atoms with Crippen molar-refractivity contribution >= 4 is 18.8 Å². The van der Waals surface area contributed by atoms with Gasteiger partial charge in [-0.25, -0.2) is 9.97 Å². The molecule has 1 aliphatic heterocycles. The number of fused-ring (bicyclic) bond motifs is 9. The van der Waals surface area contributed by atoms with Crippen LogP contribution in [-0.2, 0) is 4.57 Å². The van der Waals surface area contributed by atoms with Gasteiger partial charge in [-0.05, 0) is 69.0 Å². The zero-order valence-corrected chi connectivity index (χ0v) is 21.4. The Labute approximate surface area is 208 Å². The molecule has 0 radical (unpaired) electrons. The number of hydrogen-bond acceptors (Lipinski definition) is 5. The number of carbonyl (C=O) groups excluding carboxylic acids is 1. The van der Waals surface area contributed by atoms with Crippen LogP contribution in [0.5, 0.6) is 5.75 Å². The second-order valence-corrected chi connectivity index (χ2v) is 14.3. The van der Waals surface area contributed by atoms with Crippen LogP contribution in [-0.4, -0.2) is 57.8 Å². The molecule has 10 heteroatoms. The predicted octanol–water partition coefficient (Wildman–Crippen LogP) is 5.64. The van der Waals surface area contributed by atoms with Crippen molar-refractivity contribution in [3.63, 3.8) is 0 Å². The van der Waals surface area contributed by atoms with Crippen LogP contribution in [0.25, 0.3) is 5.78 Å². The third kappa shape index (κ3) is 3.66. The van der Waals surface area contributed by atoms with Gasteiger partial charge in [0, 0.05) is 42.1 Å². The number of imidazole rings is 1. The molecule has 1 saturated carbocycles. The zero-order valence-electron chi connectivity index (χ0n) is 20.5. The maximum Gasteiger partial charge on any atom is 0.387 e. The van der Waals surface area contributed by atoms with Crippen molar-refractivity contribution in [1.82, 2.24) is 19.3 Å². The first kappa shape index (κ1) is 23.6. The van der Waals surface area contributed by atoms with E-state index in [1.165, 1.54) is 6.07 Å². The van der Waals surface area contributed by atoms with E-state index < -0.39 is 13.8 Å². The Kier molecular flexibility index (Phi) is 5.48. The van der Waals surface area contributed by atoms with Crippen LogP contribution in [0.2, 0.25) is 0 Å². The second kappa shape index (κ2) is 8.37. The SMILES string of the molecule is CN1C(=O)c2cccc(OC(F)F)c2C2CC1c1nc3ncc(C4CCC(P(C)(C)=O)CC4)cn3c12. The average molecular weight is 515 g/mol. The summed E-state index contributed by atoms with van der Waals surface area (Å²) in [6.07, 6.45) is 8.29. The highest BCUT2D eigenvalue weighted by Crippen LogP contribution is 2.53. The van der Waals surface area contributed by atoms with Gasteiger partial charge in [-0.3, -0.25) is 9.20 Å². The number of benzene rings is 1. The molecule has 0 N–H and O–H groups in total. The third-order valence-electron chi connectivity index (χ3n) is 8.37. The highest BCUT2D eigenvalue weighted by Gasteiger charge is 2.46. The van der Waals surface area contributed by atoms with E-state index in [0.29, 0.717) is 29.2 Å². The number of nitrogens with zero attached hydrogens (tertiary/aromatic N) is 4. The molecular formula is C26H29F2N4O3P. The number of amides is 1. The lowest BCUT2D eigenvalue weighted by atomic mass is 9.85. The van der Waals surface area contributed by atoms with E-state index in [0.717, 1.165) is 42.6 Å². The van der Waals surface area contributed by atoms with Gasteiger partial charge in [0.1, 0.15) is 5.75 Å². The normalized spacial score (nSPS) is 25.7. The fraction of sp³-hybridized carbons (Fsp3) is 0.500. The van der Waals surface area contributed by atoms with Crippen LogP contribution in [0.3, 0.4) is 0 Å². The Morgan fingerprint density at radius 2 is 1.92 bits per heavy atom. The Bertz CT molecular complexity index is 1410. The summed E-state index contributed by atoms with van der Waals surface area (Å²) in [6.45, 7) is 0.774. The molecule has 2 bridgehead atoms. The van der Waals surface area contributed by atoms with Gasteiger partial charge >= 0.3 is 6.61 Å². The van der Waals surface area contributed by atoms with E-state index in [1.807, 2.05) is 23.9 Å². The van der Waals surface area contributed by atoms with Crippen LogP contribution in [0.1, 0.15) is 82.9 Å². The lowest BCUT2D eigenvalue weighted by molar-refractivity contribution is -0.0506. The van der Waals surface area contributed by atoms with Gasteiger partial charge in [-0.2, -0.15) is 8.78 Å². The molecule has 2 atom stereocenters. The molecule has 0 spiro atoms. The van der Waals surface area contributed by atoms with Crippen molar-refractivity contribution in [1.29, 1.82) is 0 Å². The number of aromatic nitrogens is 3. The number of rotatable bonds is 4. The fourth-order valence-electron chi connectivity index (χ4n) is 6.48. The first-order chi connectivity index (χ1) is 17.1. The molecule has 190 valence electrons. The Morgan fingerprint density at radius 1 is 1.17 bits per heavy atom. The first-order valence-electron chi connectivity index (χ1n) is 12.4. The molecule has 1 amide bonds.